The molecule has 21 heavy (non-hydrogen) atoms. The van der Waals surface area contributed by atoms with Crippen molar-refractivity contribution in [1.29, 1.82) is 0 Å². The molecule has 2 amide bonds. The Labute approximate surface area is 124 Å². The summed E-state index contributed by atoms with van der Waals surface area (Å²) in [5, 5.41) is 13.7. The molecule has 1 unspecified atom stereocenters. The Morgan fingerprint density at radius 3 is 2.86 bits per heavy atom. The van der Waals surface area contributed by atoms with Gasteiger partial charge in [0.15, 0.2) is 0 Å². The average Bonchev–Trinajstić information content (AvgIpc) is 3.10. The van der Waals surface area contributed by atoms with Gasteiger partial charge in [-0.3, -0.25) is 14.9 Å². The quantitative estimate of drug-likeness (QED) is 0.876. The molecule has 1 fully saturated rings. The molecule has 0 saturated carbocycles. The maximum absolute atomic E-state index is 11.9. The van der Waals surface area contributed by atoms with E-state index in [0.29, 0.717) is 18.7 Å². The molecule has 2 N–H and O–H groups in total. The number of aromatic nitrogens is 3. The second-order valence-electron chi connectivity index (χ2n) is 4.71. The van der Waals surface area contributed by atoms with Gasteiger partial charge in [-0.15, -0.1) is 16.4 Å². The van der Waals surface area contributed by atoms with Crippen molar-refractivity contribution in [2.24, 2.45) is 0 Å². The molecule has 0 aliphatic carbocycles. The summed E-state index contributed by atoms with van der Waals surface area (Å²) in [4.78, 5) is 28.1. The zero-order chi connectivity index (χ0) is 15.0. The van der Waals surface area contributed by atoms with Gasteiger partial charge in [-0.2, -0.15) is 0 Å². The summed E-state index contributed by atoms with van der Waals surface area (Å²) in [7, 11) is 0. The van der Waals surface area contributed by atoms with Crippen LogP contribution in [0.3, 0.4) is 0 Å². The lowest BCUT2D eigenvalue weighted by molar-refractivity contribution is -0.122. The topological polar surface area (TPSA) is 110 Å². The SMILES string of the molecule is Cc1nc(C)c(-c2nnc(NC(=O)C3CCC(=O)N3)o2)s1. The van der Waals surface area contributed by atoms with Crippen LogP contribution in [-0.2, 0) is 9.59 Å². The maximum Gasteiger partial charge on any atom is 0.322 e. The van der Waals surface area contributed by atoms with Crippen molar-refractivity contribution in [3.8, 4) is 10.8 Å². The van der Waals surface area contributed by atoms with E-state index in [-0.39, 0.29) is 17.8 Å². The average molecular weight is 307 g/mol. The highest BCUT2D eigenvalue weighted by Crippen LogP contribution is 2.29. The number of amides is 2. The monoisotopic (exact) mass is 307 g/mol. The van der Waals surface area contributed by atoms with Gasteiger partial charge in [-0.05, 0) is 20.3 Å². The van der Waals surface area contributed by atoms with E-state index in [9.17, 15) is 9.59 Å². The Morgan fingerprint density at radius 2 is 2.24 bits per heavy atom. The van der Waals surface area contributed by atoms with Gasteiger partial charge in [0.2, 0.25) is 5.91 Å². The Balaban J connectivity index is 1.72. The highest BCUT2D eigenvalue weighted by atomic mass is 32.1. The molecule has 8 nitrogen and oxygen atoms in total. The molecule has 1 aliphatic heterocycles. The molecule has 1 atom stereocenters. The normalized spacial score (nSPS) is 17.8. The van der Waals surface area contributed by atoms with Gasteiger partial charge >= 0.3 is 6.01 Å². The third-order valence-corrected chi connectivity index (χ3v) is 4.13. The number of thiazole rings is 1. The molecule has 1 saturated heterocycles. The van der Waals surface area contributed by atoms with Gasteiger partial charge in [0.1, 0.15) is 10.9 Å². The highest BCUT2D eigenvalue weighted by Gasteiger charge is 2.28. The van der Waals surface area contributed by atoms with E-state index in [4.69, 9.17) is 4.42 Å². The first-order chi connectivity index (χ1) is 10.0. The summed E-state index contributed by atoms with van der Waals surface area (Å²) in [5.41, 5.74) is 0.807. The Kier molecular flexibility index (Phi) is 3.42. The van der Waals surface area contributed by atoms with Crippen LogP contribution in [0.1, 0.15) is 23.5 Å². The van der Waals surface area contributed by atoms with Crippen LogP contribution in [0.15, 0.2) is 4.42 Å². The fourth-order valence-corrected chi connectivity index (χ4v) is 2.94. The summed E-state index contributed by atoms with van der Waals surface area (Å²) in [6, 6.07) is -0.526. The smallest absolute Gasteiger partial charge is 0.322 e. The Hall–Kier alpha value is -2.29. The van der Waals surface area contributed by atoms with Gasteiger partial charge in [0.05, 0.1) is 10.7 Å². The zero-order valence-electron chi connectivity index (χ0n) is 11.5. The predicted molar refractivity (Wildman–Crippen MR) is 74.7 cm³/mol. The van der Waals surface area contributed by atoms with E-state index < -0.39 is 6.04 Å². The molecule has 0 bridgehead atoms. The van der Waals surface area contributed by atoms with Gasteiger partial charge in [0.25, 0.3) is 11.8 Å². The third kappa shape index (κ3) is 2.77. The molecule has 0 aromatic carbocycles. The maximum atomic E-state index is 11.9. The van der Waals surface area contributed by atoms with Crippen LogP contribution in [0.4, 0.5) is 6.01 Å². The summed E-state index contributed by atoms with van der Waals surface area (Å²) < 4.78 is 5.42. The van der Waals surface area contributed by atoms with E-state index in [1.54, 1.807) is 0 Å². The summed E-state index contributed by atoms with van der Waals surface area (Å²) in [5.74, 6) is -0.158. The van der Waals surface area contributed by atoms with E-state index >= 15 is 0 Å². The molecule has 3 rings (SSSR count). The van der Waals surface area contributed by atoms with Crippen LogP contribution in [0.2, 0.25) is 0 Å². The Bertz CT molecular complexity index is 708. The van der Waals surface area contributed by atoms with Crippen LogP contribution in [-0.4, -0.2) is 33.0 Å². The zero-order valence-corrected chi connectivity index (χ0v) is 12.3. The molecule has 110 valence electrons. The van der Waals surface area contributed by atoms with Crippen LogP contribution >= 0.6 is 11.3 Å². The molecular weight excluding hydrogens is 294 g/mol. The molecule has 1 aliphatic rings. The number of hydrogen-bond donors (Lipinski definition) is 2. The standard InChI is InChI=1S/C12H13N5O3S/c1-5-9(21-6(2)13-5)11-16-17-12(20-11)15-10(19)7-3-4-8(18)14-7/h7H,3-4H2,1-2H3,(H,14,18)(H,15,17,19). The number of rotatable bonds is 3. The van der Waals surface area contributed by atoms with Crippen molar-refractivity contribution >= 4 is 29.2 Å². The fraction of sp³-hybridized carbons (Fsp3) is 0.417. The highest BCUT2D eigenvalue weighted by molar-refractivity contribution is 7.15. The number of carbonyl (C=O) groups is 2. The first-order valence-corrected chi connectivity index (χ1v) is 7.22. The van der Waals surface area contributed by atoms with Crippen molar-refractivity contribution in [2.45, 2.75) is 32.7 Å². The molecular formula is C12H13N5O3S. The fourth-order valence-electron chi connectivity index (χ4n) is 2.10. The van der Waals surface area contributed by atoms with Gasteiger partial charge in [-0.1, -0.05) is 5.10 Å². The predicted octanol–water partition coefficient (Wildman–Crippen LogP) is 1.03. The number of nitrogens with zero attached hydrogens (tertiary/aromatic N) is 3. The lowest BCUT2D eigenvalue weighted by Gasteiger charge is -2.07. The largest absolute Gasteiger partial charge is 0.402 e. The third-order valence-electron chi connectivity index (χ3n) is 3.06. The lowest BCUT2D eigenvalue weighted by Crippen LogP contribution is -2.37. The first kappa shape index (κ1) is 13.7. The van der Waals surface area contributed by atoms with Gasteiger partial charge in [-0.25, -0.2) is 4.98 Å². The van der Waals surface area contributed by atoms with E-state index in [1.807, 2.05) is 13.8 Å². The number of anilines is 1. The molecule has 0 spiro atoms. The van der Waals surface area contributed by atoms with E-state index in [2.05, 4.69) is 25.8 Å². The van der Waals surface area contributed by atoms with Crippen LogP contribution in [0.25, 0.3) is 10.8 Å². The number of nitrogens with one attached hydrogen (secondary N) is 2. The first-order valence-electron chi connectivity index (χ1n) is 6.41. The van der Waals surface area contributed by atoms with Gasteiger partial charge < -0.3 is 9.73 Å². The molecule has 3 heterocycles. The molecule has 9 heteroatoms. The van der Waals surface area contributed by atoms with Crippen molar-refractivity contribution in [3.63, 3.8) is 0 Å². The number of carbonyl (C=O) groups excluding carboxylic acids is 2. The number of hydrogen-bond acceptors (Lipinski definition) is 7. The summed E-state index contributed by atoms with van der Waals surface area (Å²) >= 11 is 1.45. The summed E-state index contributed by atoms with van der Waals surface area (Å²) in [6.07, 6.45) is 0.825. The van der Waals surface area contributed by atoms with Crippen LogP contribution in [0, 0.1) is 13.8 Å². The second kappa shape index (κ2) is 5.24. The Morgan fingerprint density at radius 1 is 1.43 bits per heavy atom. The minimum atomic E-state index is -0.541. The van der Waals surface area contributed by atoms with Crippen molar-refractivity contribution in [3.05, 3.63) is 10.7 Å². The molecule has 0 radical (unpaired) electrons. The van der Waals surface area contributed by atoms with Crippen molar-refractivity contribution in [1.82, 2.24) is 20.5 Å². The van der Waals surface area contributed by atoms with Crippen LogP contribution in [0.5, 0.6) is 0 Å². The minimum Gasteiger partial charge on any atom is -0.402 e. The van der Waals surface area contributed by atoms with Crippen LogP contribution < -0.4 is 10.6 Å². The number of aryl methyl sites for hydroxylation is 2. The molecule has 2 aromatic rings. The van der Waals surface area contributed by atoms with Crippen molar-refractivity contribution < 1.29 is 14.0 Å². The summed E-state index contributed by atoms with van der Waals surface area (Å²) in [6.45, 7) is 3.75. The van der Waals surface area contributed by atoms with Gasteiger partial charge in [0, 0.05) is 6.42 Å². The van der Waals surface area contributed by atoms with E-state index in [0.717, 1.165) is 15.6 Å². The lowest BCUT2D eigenvalue weighted by atomic mass is 10.2. The van der Waals surface area contributed by atoms with E-state index in [1.165, 1.54) is 11.3 Å². The van der Waals surface area contributed by atoms with Crippen molar-refractivity contribution in [2.75, 3.05) is 5.32 Å². The second-order valence-corrected chi connectivity index (χ2v) is 5.91. The minimum absolute atomic E-state index is 0.0154. The molecule has 2 aromatic heterocycles.